The highest BCUT2D eigenvalue weighted by atomic mass is 32.2. The SMILES string of the molecule is CCC(C)C(=O)N(C1CC1)C1CCS(=O)(=O)C1. The van der Waals surface area contributed by atoms with Gasteiger partial charge in [-0.1, -0.05) is 13.8 Å². The molecule has 2 fully saturated rings. The van der Waals surface area contributed by atoms with Gasteiger partial charge in [0.2, 0.25) is 5.91 Å². The van der Waals surface area contributed by atoms with E-state index in [9.17, 15) is 13.2 Å². The Kier molecular flexibility index (Phi) is 3.48. The van der Waals surface area contributed by atoms with Gasteiger partial charge in [-0.05, 0) is 25.7 Å². The largest absolute Gasteiger partial charge is 0.335 e. The molecule has 0 spiro atoms. The Morgan fingerprint density at radius 1 is 1.29 bits per heavy atom. The minimum atomic E-state index is -2.91. The van der Waals surface area contributed by atoms with Gasteiger partial charge in [0.1, 0.15) is 0 Å². The summed E-state index contributed by atoms with van der Waals surface area (Å²) in [5.41, 5.74) is 0. The molecular formula is C12H21NO3S. The van der Waals surface area contributed by atoms with Gasteiger partial charge < -0.3 is 4.90 Å². The van der Waals surface area contributed by atoms with Crippen molar-refractivity contribution in [3.8, 4) is 0 Å². The van der Waals surface area contributed by atoms with Crippen molar-refractivity contribution >= 4 is 15.7 Å². The molecule has 1 aliphatic heterocycles. The summed E-state index contributed by atoms with van der Waals surface area (Å²) in [5, 5.41) is 0. The van der Waals surface area contributed by atoms with Gasteiger partial charge >= 0.3 is 0 Å². The number of carbonyl (C=O) groups is 1. The van der Waals surface area contributed by atoms with Crippen molar-refractivity contribution in [2.45, 2.75) is 51.6 Å². The van der Waals surface area contributed by atoms with Gasteiger partial charge in [0.25, 0.3) is 0 Å². The maximum atomic E-state index is 12.3. The molecule has 2 rings (SSSR count). The maximum Gasteiger partial charge on any atom is 0.225 e. The Labute approximate surface area is 103 Å². The number of sulfone groups is 1. The number of rotatable bonds is 4. The zero-order valence-electron chi connectivity index (χ0n) is 10.6. The van der Waals surface area contributed by atoms with Crippen LogP contribution in [0.4, 0.5) is 0 Å². The third-order valence-corrected chi connectivity index (χ3v) is 5.58. The fourth-order valence-electron chi connectivity index (χ4n) is 2.43. The number of nitrogens with zero attached hydrogens (tertiary/aromatic N) is 1. The lowest BCUT2D eigenvalue weighted by Gasteiger charge is -2.30. The van der Waals surface area contributed by atoms with Crippen LogP contribution in [-0.4, -0.2) is 42.8 Å². The molecule has 2 atom stereocenters. The number of hydrogen-bond acceptors (Lipinski definition) is 3. The summed E-state index contributed by atoms with van der Waals surface area (Å²) < 4.78 is 23.0. The quantitative estimate of drug-likeness (QED) is 0.762. The van der Waals surface area contributed by atoms with Crippen LogP contribution in [0.25, 0.3) is 0 Å². The van der Waals surface area contributed by atoms with Gasteiger partial charge in [-0.25, -0.2) is 8.42 Å². The second kappa shape index (κ2) is 4.59. The van der Waals surface area contributed by atoms with E-state index in [1.165, 1.54) is 0 Å². The summed E-state index contributed by atoms with van der Waals surface area (Å²) in [7, 11) is -2.91. The van der Waals surface area contributed by atoms with E-state index in [1.54, 1.807) is 0 Å². The predicted octanol–water partition coefficient (Wildman–Crippen LogP) is 1.21. The Hall–Kier alpha value is -0.580. The predicted molar refractivity (Wildman–Crippen MR) is 66.4 cm³/mol. The van der Waals surface area contributed by atoms with E-state index in [4.69, 9.17) is 0 Å². The van der Waals surface area contributed by atoms with Crippen LogP contribution >= 0.6 is 0 Å². The first kappa shape index (κ1) is 12.9. The number of amides is 1. The van der Waals surface area contributed by atoms with E-state index >= 15 is 0 Å². The lowest BCUT2D eigenvalue weighted by molar-refractivity contribution is -0.137. The monoisotopic (exact) mass is 259 g/mol. The molecular weight excluding hydrogens is 238 g/mol. The Bertz CT molecular complexity index is 400. The van der Waals surface area contributed by atoms with E-state index in [0.29, 0.717) is 12.5 Å². The second-order valence-electron chi connectivity index (χ2n) is 5.34. The first-order chi connectivity index (χ1) is 7.94. The fraction of sp³-hybridized carbons (Fsp3) is 0.917. The lowest BCUT2D eigenvalue weighted by Crippen LogP contribution is -2.45. The molecule has 1 amide bonds. The summed E-state index contributed by atoms with van der Waals surface area (Å²) in [5.74, 6) is 0.580. The molecule has 1 aliphatic carbocycles. The van der Waals surface area contributed by atoms with Crippen LogP contribution in [-0.2, 0) is 14.6 Å². The van der Waals surface area contributed by atoms with Crippen LogP contribution in [0.3, 0.4) is 0 Å². The normalized spacial score (nSPS) is 28.9. The first-order valence-corrected chi connectivity index (χ1v) is 8.29. The minimum Gasteiger partial charge on any atom is -0.335 e. The van der Waals surface area contributed by atoms with E-state index < -0.39 is 9.84 Å². The molecule has 98 valence electrons. The second-order valence-corrected chi connectivity index (χ2v) is 7.57. The van der Waals surface area contributed by atoms with Gasteiger partial charge in [-0.15, -0.1) is 0 Å². The molecule has 0 aromatic carbocycles. The van der Waals surface area contributed by atoms with Crippen molar-refractivity contribution < 1.29 is 13.2 Å². The molecule has 1 saturated carbocycles. The molecule has 0 aromatic heterocycles. The summed E-state index contributed by atoms with van der Waals surface area (Å²) in [6, 6.07) is 0.254. The zero-order valence-corrected chi connectivity index (χ0v) is 11.4. The van der Waals surface area contributed by atoms with Crippen LogP contribution < -0.4 is 0 Å². The smallest absolute Gasteiger partial charge is 0.225 e. The average molecular weight is 259 g/mol. The standard InChI is InChI=1S/C12H21NO3S/c1-3-9(2)12(14)13(10-4-5-10)11-6-7-17(15,16)8-11/h9-11H,3-8H2,1-2H3. The lowest BCUT2D eigenvalue weighted by atomic mass is 10.1. The molecule has 4 nitrogen and oxygen atoms in total. The molecule has 0 N–H and O–H groups in total. The highest BCUT2D eigenvalue weighted by Crippen LogP contribution is 2.33. The van der Waals surface area contributed by atoms with Crippen molar-refractivity contribution in [3.05, 3.63) is 0 Å². The Morgan fingerprint density at radius 3 is 2.35 bits per heavy atom. The number of carbonyl (C=O) groups excluding carboxylic acids is 1. The van der Waals surface area contributed by atoms with Gasteiger partial charge in [0.05, 0.1) is 11.5 Å². The van der Waals surface area contributed by atoms with E-state index in [1.807, 2.05) is 18.7 Å². The van der Waals surface area contributed by atoms with Crippen LogP contribution in [0.15, 0.2) is 0 Å². The van der Waals surface area contributed by atoms with Crippen molar-refractivity contribution in [1.29, 1.82) is 0 Å². The maximum absolute atomic E-state index is 12.3. The summed E-state index contributed by atoms with van der Waals surface area (Å²) in [6.45, 7) is 3.93. The third kappa shape index (κ3) is 2.81. The van der Waals surface area contributed by atoms with E-state index in [-0.39, 0.29) is 29.4 Å². The highest BCUT2D eigenvalue weighted by molar-refractivity contribution is 7.91. The molecule has 1 heterocycles. The third-order valence-electron chi connectivity index (χ3n) is 3.83. The topological polar surface area (TPSA) is 54.5 Å². The molecule has 0 aromatic rings. The van der Waals surface area contributed by atoms with Gasteiger partial charge in [0.15, 0.2) is 9.84 Å². The Balaban J connectivity index is 2.10. The molecule has 2 unspecified atom stereocenters. The van der Waals surface area contributed by atoms with Crippen LogP contribution in [0, 0.1) is 5.92 Å². The molecule has 17 heavy (non-hydrogen) atoms. The van der Waals surface area contributed by atoms with Crippen LogP contribution in [0.2, 0.25) is 0 Å². The zero-order chi connectivity index (χ0) is 12.6. The molecule has 5 heteroatoms. The van der Waals surface area contributed by atoms with Crippen LogP contribution in [0.1, 0.15) is 39.5 Å². The highest BCUT2D eigenvalue weighted by Gasteiger charge is 2.42. The molecule has 0 bridgehead atoms. The van der Waals surface area contributed by atoms with Crippen molar-refractivity contribution in [2.24, 2.45) is 5.92 Å². The molecule has 2 aliphatic rings. The summed E-state index contributed by atoms with van der Waals surface area (Å²) >= 11 is 0. The summed E-state index contributed by atoms with van der Waals surface area (Å²) in [6.07, 6.45) is 3.53. The molecule has 0 radical (unpaired) electrons. The van der Waals surface area contributed by atoms with Gasteiger partial charge in [0, 0.05) is 18.0 Å². The Morgan fingerprint density at radius 2 is 1.94 bits per heavy atom. The molecule has 1 saturated heterocycles. The van der Waals surface area contributed by atoms with Gasteiger partial charge in [-0.2, -0.15) is 0 Å². The number of hydrogen-bond donors (Lipinski definition) is 0. The van der Waals surface area contributed by atoms with Crippen LogP contribution in [0.5, 0.6) is 0 Å². The van der Waals surface area contributed by atoms with E-state index in [2.05, 4.69) is 0 Å². The minimum absolute atomic E-state index is 0.0129. The first-order valence-electron chi connectivity index (χ1n) is 6.47. The van der Waals surface area contributed by atoms with Crippen molar-refractivity contribution in [2.75, 3.05) is 11.5 Å². The van der Waals surface area contributed by atoms with E-state index in [0.717, 1.165) is 19.3 Å². The van der Waals surface area contributed by atoms with Crippen molar-refractivity contribution in [1.82, 2.24) is 4.90 Å². The van der Waals surface area contributed by atoms with Gasteiger partial charge in [-0.3, -0.25) is 4.79 Å². The average Bonchev–Trinajstić information content (AvgIpc) is 3.03. The van der Waals surface area contributed by atoms with Crippen molar-refractivity contribution in [3.63, 3.8) is 0 Å². The fourth-order valence-corrected chi connectivity index (χ4v) is 4.15. The summed E-state index contributed by atoms with van der Waals surface area (Å²) in [4.78, 5) is 14.2.